The monoisotopic (exact) mass is 987 g/mol. The molecule has 0 aliphatic carbocycles. The number of fused-ring (bicyclic) bond motifs is 16. The number of hydrogen-bond acceptors (Lipinski definition) is 3. The van der Waals surface area contributed by atoms with Crippen molar-refractivity contribution in [3.8, 4) is 45.1 Å². The Balaban J connectivity index is 1.09. The molecular weight excluding hydrogens is 927 g/mol. The smallest absolute Gasteiger partial charge is 0.149 e. The summed E-state index contributed by atoms with van der Waals surface area (Å²) in [6, 6.07) is 62.1. The number of pyridine rings is 1. The van der Waals surface area contributed by atoms with Crippen LogP contribution in [-0.4, -0.2) is 28.4 Å². The standard InChI is InChI=1S/C70H61N5O/c1-39(2)51-35-42(41-21-12-11-13-22-41)36-52(40(3)4)65(51)75-59-32-20-26-46(63(59)72-68(75)53-37-43(69(5,6)7)38-54(66(53)76)70(8,9)10)45-25-19-31-58-62(45)71-67-50-33-34-57-61(60(50)48-24-15-17-30-56(48)74(58)67)49-28-18-27-47-44-23-14-16-29-55(44)73(57)64(47)49/h11-40,76H,1-10H3. The number of phenolic OH excluding ortho intramolecular Hbond substituents is 1. The maximum Gasteiger partial charge on any atom is 0.149 e. The van der Waals surface area contributed by atoms with Gasteiger partial charge in [-0.05, 0) is 105 Å². The van der Waals surface area contributed by atoms with Crippen molar-refractivity contribution in [2.75, 3.05) is 0 Å². The predicted octanol–water partition coefficient (Wildman–Crippen LogP) is 18.8. The summed E-state index contributed by atoms with van der Waals surface area (Å²) in [6.07, 6.45) is 0. The normalized spacial score (nSPS) is 12.9. The topological polar surface area (TPSA) is 59.8 Å². The second kappa shape index (κ2) is 16.3. The average Bonchev–Trinajstić information content (AvgIpc) is 4.38. The Morgan fingerprint density at radius 2 is 1.01 bits per heavy atom. The molecule has 0 aliphatic rings. The third kappa shape index (κ3) is 6.52. The molecule has 5 heterocycles. The van der Waals surface area contributed by atoms with Gasteiger partial charge in [0.05, 0.1) is 55.4 Å². The summed E-state index contributed by atoms with van der Waals surface area (Å²) >= 11 is 0. The molecule has 372 valence electrons. The van der Waals surface area contributed by atoms with E-state index in [1.54, 1.807) is 0 Å². The van der Waals surface area contributed by atoms with E-state index in [0.717, 1.165) is 72.1 Å². The van der Waals surface area contributed by atoms with Crippen LogP contribution in [0.15, 0.2) is 170 Å². The number of phenols is 1. The van der Waals surface area contributed by atoms with Crippen LogP contribution in [0.25, 0.3) is 127 Å². The Bertz CT molecular complexity index is 4690. The Morgan fingerprint density at radius 3 is 1.68 bits per heavy atom. The Hall–Kier alpha value is -8.48. The van der Waals surface area contributed by atoms with Crippen LogP contribution in [0, 0.1) is 0 Å². The van der Waals surface area contributed by atoms with Gasteiger partial charge >= 0.3 is 0 Å². The van der Waals surface area contributed by atoms with Crippen LogP contribution in [0.4, 0.5) is 0 Å². The fourth-order valence-corrected chi connectivity index (χ4v) is 12.8. The molecule has 76 heavy (non-hydrogen) atoms. The molecule has 5 aromatic heterocycles. The zero-order chi connectivity index (χ0) is 52.3. The highest BCUT2D eigenvalue weighted by atomic mass is 16.3. The van der Waals surface area contributed by atoms with Gasteiger partial charge in [0.25, 0.3) is 0 Å². The van der Waals surface area contributed by atoms with Gasteiger partial charge in [-0.3, -0.25) is 8.97 Å². The van der Waals surface area contributed by atoms with Gasteiger partial charge in [0, 0.05) is 54.4 Å². The summed E-state index contributed by atoms with van der Waals surface area (Å²) in [5.41, 5.74) is 19.7. The van der Waals surface area contributed by atoms with E-state index in [9.17, 15) is 5.11 Å². The molecule has 0 bridgehead atoms. The molecule has 0 fully saturated rings. The minimum Gasteiger partial charge on any atom is -0.507 e. The summed E-state index contributed by atoms with van der Waals surface area (Å²) in [5, 5.41) is 21.4. The lowest BCUT2D eigenvalue weighted by Crippen LogP contribution is -2.17. The summed E-state index contributed by atoms with van der Waals surface area (Å²) in [7, 11) is 0. The molecule has 14 rings (SSSR count). The number of aromatic hydroxyl groups is 1. The van der Waals surface area contributed by atoms with Gasteiger partial charge in [-0.15, -0.1) is 0 Å². The number of benzene rings is 9. The van der Waals surface area contributed by atoms with Gasteiger partial charge in [0.2, 0.25) is 0 Å². The highest BCUT2D eigenvalue weighted by Gasteiger charge is 2.31. The van der Waals surface area contributed by atoms with Crippen molar-refractivity contribution < 1.29 is 5.11 Å². The number of para-hydroxylation sites is 5. The van der Waals surface area contributed by atoms with Crippen molar-refractivity contribution in [3.05, 3.63) is 192 Å². The molecule has 6 nitrogen and oxygen atoms in total. The zero-order valence-electron chi connectivity index (χ0n) is 45.0. The third-order valence-corrected chi connectivity index (χ3v) is 16.5. The van der Waals surface area contributed by atoms with Crippen LogP contribution in [-0.2, 0) is 10.8 Å². The molecule has 6 heteroatoms. The average molecular weight is 988 g/mol. The molecule has 0 saturated carbocycles. The van der Waals surface area contributed by atoms with Crippen LogP contribution < -0.4 is 0 Å². The molecular formula is C70H61N5O. The minimum absolute atomic E-state index is 0.166. The fraction of sp³-hybridized carbons (Fsp3) is 0.200. The van der Waals surface area contributed by atoms with Crippen LogP contribution in [0.3, 0.4) is 0 Å². The van der Waals surface area contributed by atoms with E-state index in [1.807, 2.05) is 0 Å². The van der Waals surface area contributed by atoms with Crippen molar-refractivity contribution in [1.29, 1.82) is 0 Å². The molecule has 0 atom stereocenters. The van der Waals surface area contributed by atoms with E-state index in [0.29, 0.717) is 5.82 Å². The maximum absolute atomic E-state index is 12.8. The highest BCUT2D eigenvalue weighted by molar-refractivity contribution is 6.34. The first-order valence-electron chi connectivity index (χ1n) is 27.0. The van der Waals surface area contributed by atoms with E-state index in [4.69, 9.17) is 9.97 Å². The van der Waals surface area contributed by atoms with Gasteiger partial charge in [-0.2, -0.15) is 0 Å². The first-order valence-corrected chi connectivity index (χ1v) is 27.0. The van der Waals surface area contributed by atoms with E-state index >= 15 is 0 Å². The number of imidazole rings is 2. The van der Waals surface area contributed by atoms with Crippen molar-refractivity contribution >= 4 is 87.5 Å². The third-order valence-electron chi connectivity index (χ3n) is 16.5. The van der Waals surface area contributed by atoms with Gasteiger partial charge < -0.3 is 9.51 Å². The summed E-state index contributed by atoms with van der Waals surface area (Å²) < 4.78 is 7.23. The van der Waals surface area contributed by atoms with Gasteiger partial charge in [0.1, 0.15) is 17.2 Å². The quantitative estimate of drug-likeness (QED) is 0.169. The van der Waals surface area contributed by atoms with Crippen molar-refractivity contribution in [1.82, 2.24) is 23.3 Å². The summed E-state index contributed by atoms with van der Waals surface area (Å²) in [5.74, 6) is 1.31. The largest absolute Gasteiger partial charge is 0.507 e. The Morgan fingerprint density at radius 1 is 0.434 bits per heavy atom. The number of hydrogen-bond donors (Lipinski definition) is 1. The lowest BCUT2D eigenvalue weighted by molar-refractivity contribution is 0.446. The Labute approximate surface area is 442 Å². The van der Waals surface area contributed by atoms with E-state index in [-0.39, 0.29) is 28.4 Å². The van der Waals surface area contributed by atoms with Crippen LogP contribution >= 0.6 is 0 Å². The second-order valence-electron chi connectivity index (χ2n) is 23.9. The lowest BCUT2D eigenvalue weighted by Gasteiger charge is -2.28. The molecule has 14 aromatic rings. The number of aromatic nitrogens is 5. The van der Waals surface area contributed by atoms with E-state index < -0.39 is 0 Å². The molecule has 0 amide bonds. The second-order valence-corrected chi connectivity index (χ2v) is 23.9. The summed E-state index contributed by atoms with van der Waals surface area (Å²) in [4.78, 5) is 11.6. The van der Waals surface area contributed by atoms with E-state index in [1.165, 1.54) is 71.1 Å². The molecule has 9 aromatic carbocycles. The first kappa shape index (κ1) is 46.1. The van der Waals surface area contributed by atoms with Crippen LogP contribution in [0.5, 0.6) is 5.75 Å². The molecule has 0 spiro atoms. The van der Waals surface area contributed by atoms with Crippen molar-refractivity contribution in [2.24, 2.45) is 0 Å². The molecule has 1 N–H and O–H groups in total. The SMILES string of the molecule is CC(C)c1cc(-c2ccccc2)cc(C(C)C)c1-n1c(-c2cc(C(C)(C)C)cc(C(C)(C)C)c2O)nc2c(-c3cccc4c3nc3c5ccc6c(c7cccc8c9ccccc9n6c87)c5c5ccccc5n43)cccc21. The highest BCUT2D eigenvalue weighted by Crippen LogP contribution is 2.49. The first-order chi connectivity index (χ1) is 36.6. The molecule has 0 radical (unpaired) electrons. The van der Waals surface area contributed by atoms with Crippen molar-refractivity contribution in [3.63, 3.8) is 0 Å². The Kier molecular flexibility index (Phi) is 9.86. The lowest BCUT2D eigenvalue weighted by atomic mass is 9.78. The van der Waals surface area contributed by atoms with Crippen LogP contribution in [0.2, 0.25) is 0 Å². The molecule has 0 saturated heterocycles. The van der Waals surface area contributed by atoms with E-state index in [2.05, 4.69) is 252 Å². The van der Waals surface area contributed by atoms with Crippen LogP contribution in [0.1, 0.15) is 103 Å². The fourth-order valence-electron chi connectivity index (χ4n) is 12.8. The zero-order valence-corrected chi connectivity index (χ0v) is 45.0. The maximum atomic E-state index is 12.8. The summed E-state index contributed by atoms with van der Waals surface area (Å²) in [6.45, 7) is 22.5. The van der Waals surface area contributed by atoms with Gasteiger partial charge in [-0.25, -0.2) is 9.97 Å². The molecule has 0 unspecified atom stereocenters. The predicted molar refractivity (Wildman–Crippen MR) is 321 cm³/mol. The van der Waals surface area contributed by atoms with Gasteiger partial charge in [0.15, 0.2) is 0 Å². The number of nitrogens with zero attached hydrogens (tertiary/aromatic N) is 5. The van der Waals surface area contributed by atoms with Gasteiger partial charge in [-0.1, -0.05) is 184 Å². The number of rotatable bonds is 6. The van der Waals surface area contributed by atoms with Crippen molar-refractivity contribution in [2.45, 2.75) is 91.9 Å². The minimum atomic E-state index is -0.342. The molecule has 0 aliphatic heterocycles.